The predicted molar refractivity (Wildman–Crippen MR) is 96.8 cm³/mol. The first-order chi connectivity index (χ1) is 13.0. The molecule has 0 radical (unpaired) electrons. The number of aryl methyl sites for hydroxylation is 2. The van der Waals surface area contributed by atoms with Crippen molar-refractivity contribution in [2.24, 2.45) is 11.8 Å². The minimum Gasteiger partial charge on any atom is -0.346 e. The van der Waals surface area contributed by atoms with Crippen LogP contribution < -0.4 is 5.32 Å². The van der Waals surface area contributed by atoms with Crippen LogP contribution in [0.15, 0.2) is 12.4 Å². The van der Waals surface area contributed by atoms with Crippen LogP contribution >= 0.6 is 0 Å². The minimum atomic E-state index is -0.188. The zero-order valence-corrected chi connectivity index (χ0v) is 15.9. The molecule has 4 aliphatic carbocycles. The Labute approximate surface area is 158 Å². The van der Waals surface area contributed by atoms with Crippen molar-refractivity contribution in [1.82, 2.24) is 35.5 Å². The monoisotopic (exact) mass is 367 g/mol. The molecule has 1 N–H and O–H groups in total. The van der Waals surface area contributed by atoms with E-state index in [1.807, 2.05) is 18.6 Å². The Bertz CT molecular complexity index is 860. The summed E-state index contributed by atoms with van der Waals surface area (Å²) in [5.41, 5.74) is 0.236. The van der Waals surface area contributed by atoms with Crippen molar-refractivity contribution in [3.8, 4) is 0 Å². The lowest BCUT2D eigenvalue weighted by Gasteiger charge is -2.61. The summed E-state index contributed by atoms with van der Waals surface area (Å²) in [5.74, 6) is 2.61. The van der Waals surface area contributed by atoms with Crippen LogP contribution in [0.4, 0.5) is 0 Å². The number of rotatable bonds is 4. The SMILES string of the molecule is CCc1ncc(C(=O)NC23C[C@H]4C[C@@H](C2)CC(n2nnc(C)n2)(C4)C3)cn1. The molecule has 27 heavy (non-hydrogen) atoms. The molecular formula is C19H25N7O. The fourth-order valence-corrected chi connectivity index (χ4v) is 6.05. The number of hydrogen-bond donors (Lipinski definition) is 1. The van der Waals surface area contributed by atoms with E-state index in [0.29, 0.717) is 23.2 Å². The average Bonchev–Trinajstić information content (AvgIpc) is 3.07. The van der Waals surface area contributed by atoms with Crippen molar-refractivity contribution in [2.45, 2.75) is 69.9 Å². The highest BCUT2D eigenvalue weighted by atomic mass is 16.1. The molecule has 2 unspecified atom stereocenters. The Kier molecular flexibility index (Phi) is 3.61. The van der Waals surface area contributed by atoms with E-state index in [1.165, 1.54) is 6.42 Å². The zero-order chi connectivity index (χ0) is 18.6. The van der Waals surface area contributed by atoms with Gasteiger partial charge in [0.25, 0.3) is 5.91 Å². The van der Waals surface area contributed by atoms with Gasteiger partial charge in [-0.1, -0.05) is 6.92 Å². The van der Waals surface area contributed by atoms with Crippen LogP contribution in [-0.4, -0.2) is 41.6 Å². The van der Waals surface area contributed by atoms with Crippen molar-refractivity contribution >= 4 is 5.91 Å². The van der Waals surface area contributed by atoms with Crippen LogP contribution in [0.1, 0.15) is 67.5 Å². The molecule has 4 bridgehead atoms. The number of nitrogens with one attached hydrogen (secondary N) is 1. The number of aromatic nitrogens is 6. The van der Waals surface area contributed by atoms with Gasteiger partial charge in [-0.05, 0) is 62.5 Å². The number of amides is 1. The van der Waals surface area contributed by atoms with Gasteiger partial charge in [0.05, 0.1) is 11.1 Å². The van der Waals surface area contributed by atoms with Crippen molar-refractivity contribution in [3.05, 3.63) is 29.6 Å². The summed E-state index contributed by atoms with van der Waals surface area (Å²) in [6.07, 6.45) is 10.4. The van der Waals surface area contributed by atoms with E-state index < -0.39 is 0 Å². The first-order valence-electron chi connectivity index (χ1n) is 9.90. The summed E-state index contributed by atoms with van der Waals surface area (Å²) in [4.78, 5) is 23.3. The first kappa shape index (κ1) is 16.8. The standard InChI is InChI=1S/C19H25N7O/c1-3-16-20-9-15(10-21-16)17(27)22-18-5-13-4-14(6-18)8-19(7-13,11-18)26-24-12(2)23-25-26/h9-10,13-14H,3-8,11H2,1-2H3,(H,22,27)/t13-,14+,18?,19?. The maximum Gasteiger partial charge on any atom is 0.254 e. The van der Waals surface area contributed by atoms with Gasteiger partial charge < -0.3 is 5.32 Å². The third kappa shape index (κ3) is 2.73. The van der Waals surface area contributed by atoms with Crippen molar-refractivity contribution < 1.29 is 4.79 Å². The molecule has 1 amide bonds. The van der Waals surface area contributed by atoms with E-state index in [2.05, 4.69) is 30.7 Å². The van der Waals surface area contributed by atoms with Gasteiger partial charge in [0.2, 0.25) is 0 Å². The molecule has 4 atom stereocenters. The lowest BCUT2D eigenvalue weighted by molar-refractivity contribution is -0.0811. The highest BCUT2D eigenvalue weighted by Gasteiger charge is 2.60. The van der Waals surface area contributed by atoms with E-state index in [9.17, 15) is 4.79 Å². The molecule has 2 aromatic heterocycles. The highest BCUT2D eigenvalue weighted by Crippen LogP contribution is 2.60. The van der Waals surface area contributed by atoms with Crippen LogP contribution in [0.25, 0.3) is 0 Å². The van der Waals surface area contributed by atoms with Gasteiger partial charge in [-0.15, -0.1) is 10.2 Å². The summed E-state index contributed by atoms with van der Waals surface area (Å²) in [6.45, 7) is 3.88. The third-order valence-electron chi connectivity index (χ3n) is 6.63. The van der Waals surface area contributed by atoms with Crippen molar-refractivity contribution in [2.75, 3.05) is 0 Å². The molecule has 4 fully saturated rings. The summed E-state index contributed by atoms with van der Waals surface area (Å²) >= 11 is 0. The van der Waals surface area contributed by atoms with Gasteiger partial charge in [0, 0.05) is 24.4 Å². The fraction of sp³-hybridized carbons (Fsp3) is 0.684. The van der Waals surface area contributed by atoms with E-state index in [1.54, 1.807) is 12.4 Å². The lowest BCUT2D eigenvalue weighted by atomic mass is 9.50. The molecular weight excluding hydrogens is 342 g/mol. The summed E-state index contributed by atoms with van der Waals surface area (Å²) in [5, 5.41) is 16.4. The maximum atomic E-state index is 12.9. The number of carbonyl (C=O) groups excluding carboxylic acids is 1. The number of hydrogen-bond acceptors (Lipinski definition) is 6. The molecule has 6 rings (SSSR count). The molecule has 8 heteroatoms. The lowest BCUT2D eigenvalue weighted by Crippen LogP contribution is -2.66. The van der Waals surface area contributed by atoms with Crippen LogP contribution in [0.5, 0.6) is 0 Å². The van der Waals surface area contributed by atoms with Gasteiger partial charge in [0.15, 0.2) is 5.82 Å². The van der Waals surface area contributed by atoms with Gasteiger partial charge in [-0.2, -0.15) is 4.80 Å². The molecule has 142 valence electrons. The largest absolute Gasteiger partial charge is 0.346 e. The number of nitrogens with zero attached hydrogens (tertiary/aromatic N) is 6. The Balaban J connectivity index is 1.42. The molecule has 0 saturated heterocycles. The van der Waals surface area contributed by atoms with E-state index >= 15 is 0 Å². The molecule has 2 heterocycles. The van der Waals surface area contributed by atoms with E-state index in [4.69, 9.17) is 0 Å². The van der Waals surface area contributed by atoms with Gasteiger partial charge in [0.1, 0.15) is 5.82 Å². The summed E-state index contributed by atoms with van der Waals surface area (Å²) in [6, 6.07) is 0. The summed E-state index contributed by atoms with van der Waals surface area (Å²) in [7, 11) is 0. The predicted octanol–water partition coefficient (Wildman–Crippen LogP) is 1.81. The second-order valence-electron chi connectivity index (χ2n) is 8.79. The maximum absolute atomic E-state index is 12.9. The molecule has 0 aromatic carbocycles. The third-order valence-corrected chi connectivity index (χ3v) is 6.63. The molecule has 2 aromatic rings. The van der Waals surface area contributed by atoms with Crippen LogP contribution in [0.3, 0.4) is 0 Å². The topological polar surface area (TPSA) is 98.5 Å². The van der Waals surface area contributed by atoms with E-state index in [0.717, 1.165) is 44.3 Å². The Morgan fingerprint density at radius 1 is 1.22 bits per heavy atom. The van der Waals surface area contributed by atoms with Gasteiger partial charge >= 0.3 is 0 Å². The molecule has 8 nitrogen and oxygen atoms in total. The zero-order valence-electron chi connectivity index (χ0n) is 15.9. The highest BCUT2D eigenvalue weighted by molar-refractivity contribution is 5.94. The quantitative estimate of drug-likeness (QED) is 0.885. The second-order valence-corrected chi connectivity index (χ2v) is 8.79. The molecule has 4 aliphatic rings. The fourth-order valence-electron chi connectivity index (χ4n) is 6.05. The van der Waals surface area contributed by atoms with Crippen LogP contribution in [0, 0.1) is 18.8 Å². The van der Waals surface area contributed by atoms with Crippen molar-refractivity contribution in [1.29, 1.82) is 0 Å². The average molecular weight is 367 g/mol. The number of tetrazole rings is 1. The van der Waals surface area contributed by atoms with Gasteiger partial charge in [-0.25, -0.2) is 9.97 Å². The summed E-state index contributed by atoms with van der Waals surface area (Å²) < 4.78 is 0. The molecule has 0 spiro atoms. The molecule has 0 aliphatic heterocycles. The van der Waals surface area contributed by atoms with Crippen molar-refractivity contribution in [3.63, 3.8) is 0 Å². The molecule has 4 saturated carbocycles. The van der Waals surface area contributed by atoms with E-state index in [-0.39, 0.29) is 17.0 Å². The Hall–Kier alpha value is -2.38. The Morgan fingerprint density at radius 3 is 2.52 bits per heavy atom. The minimum absolute atomic E-state index is 0.0718. The van der Waals surface area contributed by atoms with Crippen LogP contribution in [-0.2, 0) is 12.0 Å². The Morgan fingerprint density at radius 2 is 1.93 bits per heavy atom. The second kappa shape index (κ2) is 5.81. The van der Waals surface area contributed by atoms with Crippen LogP contribution in [0.2, 0.25) is 0 Å². The smallest absolute Gasteiger partial charge is 0.254 e. The number of carbonyl (C=O) groups is 1. The normalized spacial score (nSPS) is 34.0. The first-order valence-corrected chi connectivity index (χ1v) is 9.90. The van der Waals surface area contributed by atoms with Gasteiger partial charge in [-0.3, -0.25) is 4.79 Å².